The number of quaternary nitrogens is 2. The van der Waals surface area contributed by atoms with Crippen LogP contribution >= 0.6 is 11.6 Å². The molecule has 3 N–H and O–H groups in total. The normalized spacial score (nSPS) is 22.9. The first-order valence-electron chi connectivity index (χ1n) is 8.96. The number of amides is 1. The van der Waals surface area contributed by atoms with E-state index in [-0.39, 0.29) is 11.8 Å². The van der Waals surface area contributed by atoms with E-state index in [2.05, 4.69) is 17.5 Å². The maximum Gasteiger partial charge on any atom is 0.276 e. The second-order valence-corrected chi connectivity index (χ2v) is 7.94. The van der Waals surface area contributed by atoms with Crippen molar-refractivity contribution in [2.24, 2.45) is 5.92 Å². The van der Waals surface area contributed by atoms with Crippen molar-refractivity contribution in [3.05, 3.63) is 34.9 Å². The van der Waals surface area contributed by atoms with Gasteiger partial charge in [-0.3, -0.25) is 4.79 Å². The predicted octanol–water partition coefficient (Wildman–Crippen LogP) is -0.322. The van der Waals surface area contributed by atoms with Crippen molar-refractivity contribution >= 4 is 17.5 Å². The van der Waals surface area contributed by atoms with E-state index < -0.39 is 5.54 Å². The second kappa shape index (κ2) is 8.66. The minimum atomic E-state index is -0.795. The first-order valence-corrected chi connectivity index (χ1v) is 9.34. The number of carbonyl (C=O) groups excluding carboxylic acids is 1. The maximum absolute atomic E-state index is 12.3. The van der Waals surface area contributed by atoms with E-state index in [1.165, 1.54) is 15.4 Å². The monoisotopic (exact) mass is 364 g/mol. The van der Waals surface area contributed by atoms with Crippen LogP contribution in [0.2, 0.25) is 5.02 Å². The third kappa shape index (κ3) is 5.71. The summed E-state index contributed by atoms with van der Waals surface area (Å²) in [4.78, 5) is 15.1. The van der Waals surface area contributed by atoms with Gasteiger partial charge in [-0.05, 0) is 25.0 Å². The first-order chi connectivity index (χ1) is 11.8. The summed E-state index contributed by atoms with van der Waals surface area (Å²) in [6, 6.07) is 10.2. The van der Waals surface area contributed by atoms with Crippen LogP contribution < -0.4 is 15.1 Å². The molecule has 2 rings (SSSR count). The summed E-state index contributed by atoms with van der Waals surface area (Å²) < 4.78 is 0. The molecule has 5 nitrogen and oxygen atoms in total. The van der Waals surface area contributed by atoms with Gasteiger partial charge in [0, 0.05) is 10.6 Å². The van der Waals surface area contributed by atoms with Gasteiger partial charge in [0.05, 0.1) is 6.07 Å². The lowest BCUT2D eigenvalue weighted by molar-refractivity contribution is -1.02. The highest BCUT2D eigenvalue weighted by Crippen LogP contribution is 2.14. The highest BCUT2D eigenvalue weighted by atomic mass is 35.5. The third-order valence-electron chi connectivity index (χ3n) is 5.20. The Labute approximate surface area is 155 Å². The number of piperazine rings is 1. The topological polar surface area (TPSA) is 61.8 Å². The molecule has 1 aliphatic rings. The van der Waals surface area contributed by atoms with Crippen molar-refractivity contribution in [3.8, 4) is 6.07 Å². The molecule has 0 unspecified atom stereocenters. The van der Waals surface area contributed by atoms with E-state index in [9.17, 15) is 10.1 Å². The highest BCUT2D eigenvalue weighted by Gasteiger charge is 2.32. The number of halogens is 1. The van der Waals surface area contributed by atoms with Gasteiger partial charge in [0.15, 0.2) is 6.54 Å². The fraction of sp³-hybridized carbons (Fsp3) is 0.579. The quantitative estimate of drug-likeness (QED) is 0.648. The Morgan fingerprint density at radius 3 is 2.52 bits per heavy atom. The van der Waals surface area contributed by atoms with Gasteiger partial charge in [-0.25, -0.2) is 0 Å². The van der Waals surface area contributed by atoms with Gasteiger partial charge >= 0.3 is 0 Å². The molecule has 1 aromatic carbocycles. The number of hydrogen-bond acceptors (Lipinski definition) is 2. The molecule has 1 saturated heterocycles. The fourth-order valence-electron chi connectivity index (χ4n) is 3.11. The molecular weight excluding hydrogens is 336 g/mol. The molecule has 25 heavy (non-hydrogen) atoms. The van der Waals surface area contributed by atoms with Crippen LogP contribution in [-0.4, -0.2) is 44.2 Å². The zero-order chi connectivity index (χ0) is 18.4. The van der Waals surface area contributed by atoms with Crippen LogP contribution in [0.4, 0.5) is 0 Å². The lowest BCUT2D eigenvalue weighted by Crippen LogP contribution is -3.28. The van der Waals surface area contributed by atoms with E-state index in [1.54, 1.807) is 6.92 Å². The molecule has 1 aliphatic heterocycles. The van der Waals surface area contributed by atoms with E-state index in [0.717, 1.165) is 37.7 Å². The van der Waals surface area contributed by atoms with E-state index in [4.69, 9.17) is 11.6 Å². The molecule has 1 amide bonds. The summed E-state index contributed by atoms with van der Waals surface area (Å²) in [7, 11) is 0. The van der Waals surface area contributed by atoms with E-state index in [0.29, 0.717) is 6.54 Å². The summed E-state index contributed by atoms with van der Waals surface area (Å²) in [5, 5.41) is 13.0. The lowest BCUT2D eigenvalue weighted by Gasteiger charge is -2.31. The Bertz CT molecular complexity index is 635. The molecule has 1 heterocycles. The average Bonchev–Trinajstić information content (AvgIpc) is 2.56. The number of carbonyl (C=O) groups is 1. The van der Waals surface area contributed by atoms with Gasteiger partial charge in [-0.2, -0.15) is 5.26 Å². The number of nitriles is 1. The zero-order valence-electron chi connectivity index (χ0n) is 15.4. The fourth-order valence-corrected chi connectivity index (χ4v) is 3.32. The Balaban J connectivity index is 1.78. The van der Waals surface area contributed by atoms with Gasteiger partial charge in [0.1, 0.15) is 38.3 Å². The van der Waals surface area contributed by atoms with E-state index >= 15 is 0 Å². The molecule has 0 spiro atoms. The van der Waals surface area contributed by atoms with Crippen LogP contribution in [-0.2, 0) is 11.3 Å². The number of nitrogens with one attached hydrogen (secondary N) is 3. The largest absolute Gasteiger partial charge is 0.333 e. The molecule has 1 fully saturated rings. The SMILES string of the molecule is CC(C)[C@@](C)(C#N)NC(=O)C[NH+]1CC[NH+](Cc2cccc(Cl)c2)CC1. The Kier molecular flexibility index (Phi) is 6.83. The standard InChI is InChI=1S/C19H27ClN4O/c1-15(2)19(3,14-21)22-18(25)13-24-9-7-23(8-10-24)12-16-5-4-6-17(20)11-16/h4-6,11,15H,7-10,12-13H2,1-3H3,(H,22,25)/p+2/t19-/m1/s1. The highest BCUT2D eigenvalue weighted by molar-refractivity contribution is 6.30. The van der Waals surface area contributed by atoms with Crippen molar-refractivity contribution in [3.63, 3.8) is 0 Å². The molecule has 1 atom stereocenters. The van der Waals surface area contributed by atoms with Crippen LogP contribution in [0, 0.1) is 17.2 Å². The zero-order valence-corrected chi connectivity index (χ0v) is 16.1. The van der Waals surface area contributed by atoms with Gasteiger partial charge in [0.25, 0.3) is 5.91 Å². The number of benzene rings is 1. The Morgan fingerprint density at radius 1 is 1.32 bits per heavy atom. The van der Waals surface area contributed by atoms with Gasteiger partial charge in [0.2, 0.25) is 0 Å². The summed E-state index contributed by atoms with van der Waals surface area (Å²) in [6.45, 7) is 11.1. The summed E-state index contributed by atoms with van der Waals surface area (Å²) in [5.41, 5.74) is 0.460. The smallest absolute Gasteiger partial charge is 0.276 e. The summed E-state index contributed by atoms with van der Waals surface area (Å²) in [5.74, 6) is 0.0430. The minimum absolute atomic E-state index is 0.0361. The molecule has 0 saturated carbocycles. The Hall–Kier alpha value is -1.61. The molecule has 6 heteroatoms. The van der Waals surface area contributed by atoms with Crippen molar-refractivity contribution in [1.82, 2.24) is 5.32 Å². The Morgan fingerprint density at radius 2 is 1.96 bits per heavy atom. The van der Waals surface area contributed by atoms with Gasteiger partial charge < -0.3 is 15.1 Å². The number of nitrogens with zero attached hydrogens (tertiary/aromatic N) is 1. The molecule has 1 aromatic rings. The lowest BCUT2D eigenvalue weighted by atomic mass is 9.90. The van der Waals surface area contributed by atoms with Gasteiger partial charge in [-0.1, -0.05) is 37.6 Å². The van der Waals surface area contributed by atoms with Crippen molar-refractivity contribution < 1.29 is 14.6 Å². The first kappa shape index (κ1) is 19.7. The van der Waals surface area contributed by atoms with Gasteiger partial charge in [-0.15, -0.1) is 0 Å². The van der Waals surface area contributed by atoms with Crippen LogP contribution in [0.3, 0.4) is 0 Å². The van der Waals surface area contributed by atoms with Crippen LogP contribution in [0.25, 0.3) is 0 Å². The predicted molar refractivity (Wildman–Crippen MR) is 98.4 cm³/mol. The number of rotatable bonds is 6. The van der Waals surface area contributed by atoms with Crippen molar-refractivity contribution in [2.45, 2.75) is 32.9 Å². The molecule has 0 bridgehead atoms. The maximum atomic E-state index is 12.3. The van der Waals surface area contributed by atoms with E-state index in [1.807, 2.05) is 32.0 Å². The minimum Gasteiger partial charge on any atom is -0.333 e. The van der Waals surface area contributed by atoms with Crippen LogP contribution in [0.5, 0.6) is 0 Å². The summed E-state index contributed by atoms with van der Waals surface area (Å²) in [6.07, 6.45) is 0. The van der Waals surface area contributed by atoms with Crippen LogP contribution in [0.15, 0.2) is 24.3 Å². The van der Waals surface area contributed by atoms with Crippen LogP contribution in [0.1, 0.15) is 26.3 Å². The summed E-state index contributed by atoms with van der Waals surface area (Å²) >= 11 is 6.05. The molecule has 136 valence electrons. The van der Waals surface area contributed by atoms with Crippen molar-refractivity contribution in [2.75, 3.05) is 32.7 Å². The molecule has 0 radical (unpaired) electrons. The number of hydrogen-bond donors (Lipinski definition) is 3. The molecule has 0 aliphatic carbocycles. The third-order valence-corrected chi connectivity index (χ3v) is 5.44. The molecule has 0 aromatic heterocycles. The molecular formula is C19H29ClN4O+2. The average molecular weight is 365 g/mol. The second-order valence-electron chi connectivity index (χ2n) is 7.50. The van der Waals surface area contributed by atoms with Crippen molar-refractivity contribution in [1.29, 1.82) is 5.26 Å².